The summed E-state index contributed by atoms with van der Waals surface area (Å²) in [6.45, 7) is -0.0425. The quantitative estimate of drug-likeness (QED) is 0.560. The first-order valence-electron chi connectivity index (χ1n) is 5.27. The molecule has 0 fully saturated rings. The number of benzene rings is 1. The molecule has 1 unspecified atom stereocenters. The number of halogens is 2. The number of alkyl halides is 2. The Balaban J connectivity index is 2.29. The molecule has 0 amide bonds. The fraction of sp³-hybridized carbons (Fsp3) is 0.273. The Hall–Kier alpha value is -2.40. The lowest BCUT2D eigenvalue weighted by atomic mass is 10.1. The molecule has 0 bridgehead atoms. The molecule has 0 spiro atoms. The van der Waals surface area contributed by atoms with Gasteiger partial charge in [0.15, 0.2) is 11.5 Å². The number of rotatable bonds is 4. The van der Waals surface area contributed by atoms with Gasteiger partial charge in [-0.05, 0) is 6.07 Å². The first-order chi connectivity index (χ1) is 8.93. The van der Waals surface area contributed by atoms with E-state index in [0.717, 1.165) is 0 Å². The van der Waals surface area contributed by atoms with E-state index in [-0.39, 0.29) is 29.4 Å². The highest BCUT2D eigenvalue weighted by atomic mass is 19.3. The molecule has 0 saturated heterocycles. The maximum Gasteiger partial charge on any atom is 0.586 e. The second-order valence-electron chi connectivity index (χ2n) is 3.81. The number of ether oxygens (including phenoxy) is 2. The molecule has 0 saturated carbocycles. The molecule has 4 N–H and O–H groups in total. The Labute approximate surface area is 107 Å². The number of nitrogens with one attached hydrogen (secondary N) is 2. The van der Waals surface area contributed by atoms with Crippen molar-refractivity contribution in [3.63, 3.8) is 0 Å². The summed E-state index contributed by atoms with van der Waals surface area (Å²) < 4.78 is 34.7. The van der Waals surface area contributed by atoms with E-state index in [1.807, 2.05) is 6.07 Å². The van der Waals surface area contributed by atoms with Crippen LogP contribution in [0.3, 0.4) is 0 Å². The van der Waals surface area contributed by atoms with Gasteiger partial charge in [0.05, 0.1) is 12.6 Å². The zero-order valence-corrected chi connectivity index (χ0v) is 9.61. The van der Waals surface area contributed by atoms with Crippen LogP contribution in [0.5, 0.6) is 11.5 Å². The van der Waals surface area contributed by atoms with E-state index >= 15 is 0 Å². The number of amidine groups is 1. The van der Waals surface area contributed by atoms with Crippen molar-refractivity contribution in [2.45, 2.75) is 12.3 Å². The molecule has 6 nitrogen and oxygen atoms in total. The SMILES string of the molecule is N#CC(NCC(=N)N)c1cccc2c1OC(F)(F)O2. The van der Waals surface area contributed by atoms with E-state index in [2.05, 4.69) is 14.8 Å². The van der Waals surface area contributed by atoms with E-state index in [9.17, 15) is 8.78 Å². The van der Waals surface area contributed by atoms with Crippen LogP contribution in [0.25, 0.3) is 0 Å². The van der Waals surface area contributed by atoms with Gasteiger partial charge in [-0.3, -0.25) is 10.7 Å². The minimum Gasteiger partial charge on any atom is -0.395 e. The molecule has 100 valence electrons. The van der Waals surface area contributed by atoms with Crippen molar-refractivity contribution in [3.05, 3.63) is 23.8 Å². The van der Waals surface area contributed by atoms with Crippen LogP contribution >= 0.6 is 0 Å². The smallest absolute Gasteiger partial charge is 0.395 e. The van der Waals surface area contributed by atoms with Crippen molar-refractivity contribution in [2.75, 3.05) is 6.54 Å². The average Bonchev–Trinajstić information content (AvgIpc) is 2.64. The molecule has 2 rings (SSSR count). The summed E-state index contributed by atoms with van der Waals surface area (Å²) in [6.07, 6.45) is -3.74. The zero-order chi connectivity index (χ0) is 14.0. The van der Waals surface area contributed by atoms with Crippen LogP contribution in [0.15, 0.2) is 18.2 Å². The summed E-state index contributed by atoms with van der Waals surface area (Å²) in [5.74, 6) is -0.488. The van der Waals surface area contributed by atoms with Crippen molar-refractivity contribution >= 4 is 5.84 Å². The monoisotopic (exact) mass is 268 g/mol. The van der Waals surface area contributed by atoms with Crippen LogP contribution < -0.4 is 20.5 Å². The molecule has 1 aromatic carbocycles. The maximum atomic E-state index is 13.0. The summed E-state index contributed by atoms with van der Waals surface area (Å²) in [4.78, 5) is 0. The van der Waals surface area contributed by atoms with Crippen LogP contribution in [0.4, 0.5) is 8.78 Å². The molecule has 19 heavy (non-hydrogen) atoms. The summed E-state index contributed by atoms with van der Waals surface area (Å²) >= 11 is 0. The fourth-order valence-corrected chi connectivity index (χ4v) is 1.65. The van der Waals surface area contributed by atoms with Crippen molar-refractivity contribution < 1.29 is 18.3 Å². The molecule has 0 aliphatic carbocycles. The number of fused-ring (bicyclic) bond motifs is 1. The maximum absolute atomic E-state index is 13.0. The summed E-state index contributed by atoms with van der Waals surface area (Å²) in [5.41, 5.74) is 5.37. The lowest BCUT2D eigenvalue weighted by molar-refractivity contribution is -0.287. The average molecular weight is 268 g/mol. The van der Waals surface area contributed by atoms with E-state index in [1.165, 1.54) is 18.2 Å². The van der Waals surface area contributed by atoms with Crippen LogP contribution in [0.2, 0.25) is 0 Å². The number of hydrogen-bond acceptors (Lipinski definition) is 5. The van der Waals surface area contributed by atoms with Gasteiger partial charge in [0, 0.05) is 5.56 Å². The predicted octanol–water partition coefficient (Wildman–Crippen LogP) is 1.10. The molecule has 1 aromatic rings. The minimum absolute atomic E-state index is 0.0425. The van der Waals surface area contributed by atoms with E-state index in [1.54, 1.807) is 0 Å². The van der Waals surface area contributed by atoms with Gasteiger partial charge in [0.25, 0.3) is 0 Å². The van der Waals surface area contributed by atoms with Gasteiger partial charge >= 0.3 is 6.29 Å². The Bertz CT molecular complexity index is 556. The highest BCUT2D eigenvalue weighted by Crippen LogP contribution is 2.44. The molecule has 8 heteroatoms. The van der Waals surface area contributed by atoms with Crippen molar-refractivity contribution in [3.8, 4) is 17.6 Å². The van der Waals surface area contributed by atoms with Gasteiger partial charge in [-0.25, -0.2) is 0 Å². The Morgan fingerprint density at radius 1 is 1.53 bits per heavy atom. The fourth-order valence-electron chi connectivity index (χ4n) is 1.65. The number of para-hydroxylation sites is 1. The van der Waals surface area contributed by atoms with Gasteiger partial charge in [-0.2, -0.15) is 5.26 Å². The highest BCUT2D eigenvalue weighted by molar-refractivity contribution is 5.79. The molecule has 1 aliphatic heterocycles. The third-order valence-corrected chi connectivity index (χ3v) is 2.40. The molecule has 1 aliphatic rings. The number of nitrogens with zero attached hydrogens (tertiary/aromatic N) is 1. The molecule has 1 atom stereocenters. The third kappa shape index (κ3) is 2.71. The zero-order valence-electron chi connectivity index (χ0n) is 9.61. The van der Waals surface area contributed by atoms with E-state index in [0.29, 0.717) is 0 Å². The summed E-state index contributed by atoms with van der Waals surface area (Å²) in [6, 6.07) is 5.21. The molecule has 0 radical (unpaired) electrons. The molecular weight excluding hydrogens is 258 g/mol. The van der Waals surface area contributed by atoms with E-state index in [4.69, 9.17) is 16.4 Å². The van der Waals surface area contributed by atoms with Crippen molar-refractivity contribution in [2.24, 2.45) is 5.73 Å². The first-order valence-corrected chi connectivity index (χ1v) is 5.27. The standard InChI is InChI=1S/C11H10F2N4O2/c12-11(13)18-8-3-1-2-6(10(8)19-11)7(4-14)17-5-9(15)16/h1-3,7,17H,5H2,(H3,15,16). The van der Waals surface area contributed by atoms with Crippen molar-refractivity contribution in [1.29, 1.82) is 10.7 Å². The molecular formula is C11H10F2N4O2. The van der Waals surface area contributed by atoms with E-state index < -0.39 is 12.3 Å². The Kier molecular flexibility index (Phi) is 3.23. The Morgan fingerprint density at radius 3 is 2.89 bits per heavy atom. The second kappa shape index (κ2) is 4.70. The number of hydrogen-bond donors (Lipinski definition) is 3. The number of nitriles is 1. The van der Waals surface area contributed by atoms with Gasteiger partial charge in [0.1, 0.15) is 11.9 Å². The summed E-state index contributed by atoms with van der Waals surface area (Å²) in [7, 11) is 0. The highest BCUT2D eigenvalue weighted by Gasteiger charge is 2.45. The lowest BCUT2D eigenvalue weighted by Gasteiger charge is -2.13. The first kappa shape index (κ1) is 13.0. The van der Waals surface area contributed by atoms with Gasteiger partial charge < -0.3 is 15.2 Å². The summed E-state index contributed by atoms with van der Waals surface area (Å²) in [5, 5.41) is 18.8. The Morgan fingerprint density at radius 2 is 2.26 bits per heavy atom. The normalized spacial score (nSPS) is 16.7. The topological polar surface area (TPSA) is 104 Å². The van der Waals surface area contributed by atoms with Gasteiger partial charge in [-0.1, -0.05) is 12.1 Å². The minimum atomic E-state index is -3.74. The largest absolute Gasteiger partial charge is 0.586 e. The second-order valence-corrected chi connectivity index (χ2v) is 3.81. The van der Waals surface area contributed by atoms with Crippen molar-refractivity contribution in [1.82, 2.24) is 5.32 Å². The van der Waals surface area contributed by atoms with Crippen LogP contribution in [-0.2, 0) is 0 Å². The molecule has 0 aromatic heterocycles. The third-order valence-electron chi connectivity index (χ3n) is 2.40. The molecule has 1 heterocycles. The number of nitrogens with two attached hydrogens (primary N) is 1. The lowest BCUT2D eigenvalue weighted by Crippen LogP contribution is -2.31. The van der Waals surface area contributed by atoms with Crippen LogP contribution in [0, 0.1) is 16.7 Å². The van der Waals surface area contributed by atoms with Crippen LogP contribution in [-0.4, -0.2) is 18.7 Å². The van der Waals surface area contributed by atoms with Crippen LogP contribution in [0.1, 0.15) is 11.6 Å². The predicted molar refractivity (Wildman–Crippen MR) is 60.9 cm³/mol. The van der Waals surface area contributed by atoms with Gasteiger partial charge in [0.2, 0.25) is 0 Å². The van der Waals surface area contributed by atoms with Gasteiger partial charge in [-0.15, -0.1) is 8.78 Å².